The second-order valence-corrected chi connectivity index (χ2v) is 8.44. The van der Waals surface area contributed by atoms with Crippen LogP contribution in [-0.4, -0.2) is 59.2 Å². The Bertz CT molecular complexity index is 993. The molecule has 31 heavy (non-hydrogen) atoms. The molecule has 0 saturated carbocycles. The Hall–Kier alpha value is -3.41. The normalized spacial score (nSPS) is 21.8. The maximum atomic E-state index is 14.2. The van der Waals surface area contributed by atoms with E-state index in [1.54, 1.807) is 11.2 Å². The molecule has 9 heteroatoms. The Morgan fingerprint density at radius 2 is 2.32 bits per heavy atom. The number of hydrazone groups is 1. The topological polar surface area (TPSA) is 82.4 Å². The number of pyridine rings is 1. The van der Waals surface area contributed by atoms with Crippen LogP contribution in [0.25, 0.3) is 0 Å². The van der Waals surface area contributed by atoms with E-state index in [1.165, 1.54) is 12.3 Å². The molecule has 3 aliphatic heterocycles. The number of carbonyl (C=O) groups excluding carboxylic acids is 1. The van der Waals surface area contributed by atoms with Gasteiger partial charge in [0.15, 0.2) is 0 Å². The van der Waals surface area contributed by atoms with Crippen molar-refractivity contribution < 1.29 is 13.9 Å². The van der Waals surface area contributed by atoms with Crippen LogP contribution in [0, 0.1) is 23.1 Å². The molecule has 8 nitrogen and oxygen atoms in total. The lowest BCUT2D eigenvalue weighted by Gasteiger charge is -2.32. The molecule has 0 spiro atoms. The van der Waals surface area contributed by atoms with Crippen molar-refractivity contribution in [3.8, 4) is 17.7 Å². The number of nitrogens with zero attached hydrogens (tertiary/aromatic N) is 5. The summed E-state index contributed by atoms with van der Waals surface area (Å²) in [5.41, 5.74) is 0.395. The van der Waals surface area contributed by atoms with Crippen LogP contribution in [0.2, 0.25) is 0 Å². The van der Waals surface area contributed by atoms with Gasteiger partial charge in [0, 0.05) is 30.3 Å². The first-order chi connectivity index (χ1) is 15.0. The molecular weight excluding hydrogens is 399 g/mol. The summed E-state index contributed by atoms with van der Waals surface area (Å²) >= 11 is 0. The van der Waals surface area contributed by atoms with E-state index in [1.807, 2.05) is 26.1 Å². The van der Waals surface area contributed by atoms with Gasteiger partial charge in [-0.15, -0.1) is 0 Å². The van der Waals surface area contributed by atoms with Gasteiger partial charge in [0.25, 0.3) is 0 Å². The Kier molecular flexibility index (Phi) is 5.89. The monoisotopic (exact) mass is 424 g/mol. The van der Waals surface area contributed by atoms with Crippen molar-refractivity contribution in [1.82, 2.24) is 20.2 Å². The van der Waals surface area contributed by atoms with Gasteiger partial charge in [-0.05, 0) is 36.8 Å². The zero-order chi connectivity index (χ0) is 21.8. The summed E-state index contributed by atoms with van der Waals surface area (Å²) in [6.07, 6.45) is 8.58. The number of hydrogen-bond acceptors (Lipinski definition) is 7. The Balaban J connectivity index is 1.56. The van der Waals surface area contributed by atoms with Crippen LogP contribution in [0.5, 0.6) is 5.88 Å². The van der Waals surface area contributed by atoms with E-state index in [4.69, 9.17) is 9.73 Å². The number of rotatable bonds is 7. The minimum absolute atomic E-state index is 0.107. The number of ether oxygens (including phenoxy) is 1. The number of fused-ring (bicyclic) bond motifs is 1. The third-order valence-corrected chi connectivity index (χ3v) is 5.36. The van der Waals surface area contributed by atoms with Gasteiger partial charge in [-0.1, -0.05) is 13.8 Å². The molecule has 162 valence electrons. The number of aliphatic imine (C=N–C) groups is 1. The first kappa shape index (κ1) is 20.8. The summed E-state index contributed by atoms with van der Waals surface area (Å²) in [5, 5.41) is 8.59. The third kappa shape index (κ3) is 4.68. The predicted molar refractivity (Wildman–Crippen MR) is 115 cm³/mol. The first-order valence-corrected chi connectivity index (χ1v) is 10.3. The number of hydrogen-bond donors (Lipinski definition) is 1. The largest absolute Gasteiger partial charge is 0.477 e. The number of halogens is 1. The van der Waals surface area contributed by atoms with E-state index < -0.39 is 5.82 Å². The van der Waals surface area contributed by atoms with Crippen LogP contribution < -0.4 is 10.1 Å². The molecule has 1 saturated heterocycles. The molecule has 1 unspecified atom stereocenters. The van der Waals surface area contributed by atoms with Crippen molar-refractivity contribution in [2.24, 2.45) is 15.5 Å². The van der Waals surface area contributed by atoms with Crippen LogP contribution in [0.3, 0.4) is 0 Å². The molecule has 1 aromatic heterocycles. The Morgan fingerprint density at radius 1 is 1.45 bits per heavy atom. The fourth-order valence-corrected chi connectivity index (χ4v) is 3.83. The second kappa shape index (κ2) is 8.76. The van der Waals surface area contributed by atoms with E-state index in [0.717, 1.165) is 25.2 Å². The molecule has 4 rings (SSSR count). The van der Waals surface area contributed by atoms with E-state index in [0.29, 0.717) is 31.0 Å². The molecule has 0 radical (unpaired) electrons. The molecule has 0 aromatic carbocycles. The number of carbonyl (C=O) groups is 1. The van der Waals surface area contributed by atoms with Gasteiger partial charge in [-0.2, -0.15) is 5.10 Å². The van der Waals surface area contributed by atoms with Gasteiger partial charge in [0.1, 0.15) is 11.7 Å². The van der Waals surface area contributed by atoms with Crippen molar-refractivity contribution in [3.63, 3.8) is 0 Å². The van der Waals surface area contributed by atoms with E-state index in [2.05, 4.69) is 32.1 Å². The summed E-state index contributed by atoms with van der Waals surface area (Å²) < 4.78 is 20.2. The molecule has 3 aliphatic rings. The number of nitrogens with one attached hydrogen (secondary N) is 1. The van der Waals surface area contributed by atoms with Crippen LogP contribution in [-0.2, 0) is 4.79 Å². The highest BCUT2D eigenvalue weighted by Crippen LogP contribution is 2.38. The summed E-state index contributed by atoms with van der Waals surface area (Å²) in [7, 11) is 0. The lowest BCUT2D eigenvalue weighted by molar-refractivity contribution is -0.110. The average Bonchev–Trinajstić information content (AvgIpc) is 3.26. The minimum Gasteiger partial charge on any atom is -0.477 e. The van der Waals surface area contributed by atoms with Crippen LogP contribution in [0.1, 0.15) is 38.3 Å². The van der Waals surface area contributed by atoms with Crippen molar-refractivity contribution in [2.75, 3.05) is 19.7 Å². The molecule has 4 heterocycles. The molecule has 0 aliphatic carbocycles. The zero-order valence-corrected chi connectivity index (χ0v) is 17.6. The van der Waals surface area contributed by atoms with E-state index in [9.17, 15) is 9.18 Å². The fourth-order valence-electron chi connectivity index (χ4n) is 3.83. The summed E-state index contributed by atoms with van der Waals surface area (Å²) in [4.78, 5) is 21.7. The second-order valence-electron chi connectivity index (χ2n) is 8.44. The van der Waals surface area contributed by atoms with Gasteiger partial charge in [-0.25, -0.2) is 19.4 Å². The van der Waals surface area contributed by atoms with Gasteiger partial charge in [-0.3, -0.25) is 4.79 Å². The van der Waals surface area contributed by atoms with Crippen LogP contribution in [0.15, 0.2) is 34.6 Å². The lowest BCUT2D eigenvalue weighted by Crippen LogP contribution is -2.37. The number of aromatic nitrogens is 1. The smallest absolute Gasteiger partial charge is 0.218 e. The molecule has 1 amide bonds. The lowest BCUT2D eigenvalue weighted by atomic mass is 9.95. The van der Waals surface area contributed by atoms with Crippen molar-refractivity contribution in [3.05, 3.63) is 35.9 Å². The highest BCUT2D eigenvalue weighted by atomic mass is 19.1. The van der Waals surface area contributed by atoms with Crippen molar-refractivity contribution >= 4 is 18.5 Å². The van der Waals surface area contributed by atoms with Gasteiger partial charge in [0.05, 0.1) is 25.1 Å². The zero-order valence-electron chi connectivity index (χ0n) is 17.6. The highest BCUT2D eigenvalue weighted by Gasteiger charge is 2.33. The van der Waals surface area contributed by atoms with Crippen molar-refractivity contribution in [1.29, 1.82) is 0 Å². The van der Waals surface area contributed by atoms with Gasteiger partial charge >= 0.3 is 0 Å². The van der Waals surface area contributed by atoms with Crippen LogP contribution >= 0.6 is 0 Å². The van der Waals surface area contributed by atoms with E-state index >= 15 is 0 Å². The number of amides is 1. The summed E-state index contributed by atoms with van der Waals surface area (Å²) in [5.74, 6) is 6.68. The Morgan fingerprint density at radius 3 is 3.16 bits per heavy atom. The van der Waals surface area contributed by atoms with Gasteiger partial charge in [0.2, 0.25) is 18.5 Å². The quantitative estimate of drug-likeness (QED) is 0.535. The fraction of sp³-hybridized carbons (Fsp3) is 0.455. The molecule has 1 aromatic rings. The maximum Gasteiger partial charge on any atom is 0.218 e. The molecule has 0 bridgehead atoms. The first-order valence-electron chi connectivity index (χ1n) is 10.3. The summed E-state index contributed by atoms with van der Waals surface area (Å²) in [6.45, 7) is 5.55. The van der Waals surface area contributed by atoms with Crippen LogP contribution in [0.4, 0.5) is 4.39 Å². The maximum absolute atomic E-state index is 14.2. The number of likely N-dealkylation sites (tertiary alicyclic amines) is 1. The third-order valence-electron chi connectivity index (χ3n) is 5.36. The molecule has 2 atom stereocenters. The Labute approximate surface area is 180 Å². The average molecular weight is 424 g/mol. The molecular formula is C22H25FN6O2. The van der Waals surface area contributed by atoms with Crippen molar-refractivity contribution in [2.45, 2.75) is 38.9 Å². The highest BCUT2D eigenvalue weighted by molar-refractivity contribution is 5.94. The minimum atomic E-state index is -0.407. The number of amidine groups is 1. The van der Waals surface area contributed by atoms with Gasteiger partial charge < -0.3 is 15.0 Å². The standard InChI is InChI=1S/C22H25FN6O2/c1-22(2,13-24-15-30)14-31-21-17(11-16(23)12-25-21)18-5-4-9-28(18)19-7-10-29-20(27-19)6-3-8-26-29/h7-8,10-12,15,18,20H,4-5,9,13-14H2,1-2H3,(H,24,30)/t18-,20?/m1/s1. The predicted octanol–water partition coefficient (Wildman–Crippen LogP) is 2.07. The molecule has 1 fully saturated rings. The van der Waals surface area contributed by atoms with E-state index in [-0.39, 0.29) is 17.6 Å². The molecule has 1 N–H and O–H groups in total. The SMILES string of the molecule is CC(C)(CNC=O)COc1ncc(F)cc1[C@H]1CCCN1C1=NC2C#CC=NN2C=C1. The summed E-state index contributed by atoms with van der Waals surface area (Å²) in [6, 6.07) is 1.39.